The summed E-state index contributed by atoms with van der Waals surface area (Å²) in [7, 11) is 0. The molecular formula is C15H19Cl2NO2. The lowest BCUT2D eigenvalue weighted by Gasteiger charge is -2.39. The highest BCUT2D eigenvalue weighted by molar-refractivity contribution is 6.42. The lowest BCUT2D eigenvalue weighted by Crippen LogP contribution is -2.51. The topological polar surface area (TPSA) is 38.3 Å². The maximum Gasteiger partial charge on any atom is 0.230 e. The van der Waals surface area contributed by atoms with Crippen molar-refractivity contribution >= 4 is 29.1 Å². The van der Waals surface area contributed by atoms with Gasteiger partial charge in [-0.1, -0.05) is 36.2 Å². The van der Waals surface area contributed by atoms with Crippen molar-refractivity contribution in [3.63, 3.8) is 0 Å². The molecule has 110 valence electrons. The minimum Gasteiger partial charge on any atom is -0.380 e. The number of amides is 1. The van der Waals surface area contributed by atoms with Gasteiger partial charge in [0.1, 0.15) is 0 Å². The zero-order valence-corrected chi connectivity index (χ0v) is 13.4. The Hall–Kier alpha value is -0.770. The zero-order valence-electron chi connectivity index (χ0n) is 11.9. The van der Waals surface area contributed by atoms with E-state index in [4.69, 9.17) is 27.9 Å². The monoisotopic (exact) mass is 315 g/mol. The highest BCUT2D eigenvalue weighted by atomic mass is 35.5. The molecule has 20 heavy (non-hydrogen) atoms. The van der Waals surface area contributed by atoms with Gasteiger partial charge in [0, 0.05) is 12.0 Å². The summed E-state index contributed by atoms with van der Waals surface area (Å²) >= 11 is 11.9. The second-order valence-electron chi connectivity index (χ2n) is 6.24. The number of rotatable bonds is 4. The molecule has 0 spiro atoms. The van der Waals surface area contributed by atoms with Gasteiger partial charge >= 0.3 is 0 Å². The molecular weight excluding hydrogens is 297 g/mol. The standard InChI is InChI=1S/C15H19Cl2NO2/c1-14(2,10-4-5-11(16)12(17)6-10)13(19)18-7-15(3)8-20-9-15/h4-6H,7-9H2,1-3H3,(H,18,19). The van der Waals surface area contributed by atoms with Crippen LogP contribution in [0.4, 0.5) is 0 Å². The van der Waals surface area contributed by atoms with Crippen LogP contribution in [0.15, 0.2) is 18.2 Å². The SMILES string of the molecule is CC1(CNC(=O)C(C)(C)c2ccc(Cl)c(Cl)c2)COC1. The first-order valence-electron chi connectivity index (χ1n) is 6.56. The Morgan fingerprint density at radius 1 is 1.35 bits per heavy atom. The lowest BCUT2D eigenvalue weighted by atomic mass is 9.82. The molecule has 1 amide bonds. The van der Waals surface area contributed by atoms with Crippen LogP contribution < -0.4 is 5.32 Å². The summed E-state index contributed by atoms with van der Waals surface area (Å²) in [6.45, 7) is 7.86. The maximum absolute atomic E-state index is 12.4. The van der Waals surface area contributed by atoms with Crippen molar-refractivity contribution in [1.29, 1.82) is 0 Å². The van der Waals surface area contributed by atoms with Crippen LogP contribution in [-0.2, 0) is 14.9 Å². The summed E-state index contributed by atoms with van der Waals surface area (Å²) in [5, 5.41) is 3.96. The quantitative estimate of drug-likeness (QED) is 0.924. The van der Waals surface area contributed by atoms with Crippen molar-refractivity contribution in [3.8, 4) is 0 Å². The highest BCUT2D eigenvalue weighted by Crippen LogP contribution is 2.31. The van der Waals surface area contributed by atoms with Gasteiger partial charge in [-0.2, -0.15) is 0 Å². The number of halogens is 2. The molecule has 3 nitrogen and oxygen atoms in total. The van der Waals surface area contributed by atoms with E-state index in [0.717, 1.165) is 5.56 Å². The van der Waals surface area contributed by atoms with E-state index >= 15 is 0 Å². The highest BCUT2D eigenvalue weighted by Gasteiger charge is 2.36. The summed E-state index contributed by atoms with van der Waals surface area (Å²) < 4.78 is 5.19. The molecule has 1 saturated heterocycles. The second kappa shape index (κ2) is 5.55. The largest absolute Gasteiger partial charge is 0.380 e. The van der Waals surface area contributed by atoms with Crippen LogP contribution in [0.25, 0.3) is 0 Å². The fourth-order valence-corrected chi connectivity index (χ4v) is 2.38. The van der Waals surface area contributed by atoms with Gasteiger partial charge in [-0.25, -0.2) is 0 Å². The van der Waals surface area contributed by atoms with Crippen molar-refractivity contribution < 1.29 is 9.53 Å². The zero-order chi connectivity index (χ0) is 15.0. The van der Waals surface area contributed by atoms with Gasteiger partial charge in [-0.3, -0.25) is 4.79 Å². The van der Waals surface area contributed by atoms with E-state index in [1.807, 2.05) is 19.9 Å². The van der Waals surface area contributed by atoms with Crippen molar-refractivity contribution in [2.24, 2.45) is 5.41 Å². The van der Waals surface area contributed by atoms with Gasteiger partial charge in [0.25, 0.3) is 0 Å². The fourth-order valence-electron chi connectivity index (χ4n) is 2.08. The summed E-state index contributed by atoms with van der Waals surface area (Å²) in [6, 6.07) is 5.30. The molecule has 1 heterocycles. The van der Waals surface area contributed by atoms with Crippen LogP contribution in [0.3, 0.4) is 0 Å². The average Bonchev–Trinajstić information content (AvgIpc) is 2.36. The predicted molar refractivity (Wildman–Crippen MR) is 81.4 cm³/mol. The van der Waals surface area contributed by atoms with E-state index in [2.05, 4.69) is 12.2 Å². The van der Waals surface area contributed by atoms with Gasteiger partial charge in [0.15, 0.2) is 0 Å². The fraction of sp³-hybridized carbons (Fsp3) is 0.533. The normalized spacial score (nSPS) is 17.4. The smallest absolute Gasteiger partial charge is 0.230 e. The molecule has 1 aromatic carbocycles. The minimum absolute atomic E-state index is 0.0241. The van der Waals surface area contributed by atoms with Crippen molar-refractivity contribution in [2.45, 2.75) is 26.2 Å². The van der Waals surface area contributed by atoms with Gasteiger partial charge in [-0.15, -0.1) is 0 Å². The van der Waals surface area contributed by atoms with Gasteiger partial charge < -0.3 is 10.1 Å². The number of ether oxygens (including phenoxy) is 1. The van der Waals surface area contributed by atoms with Crippen molar-refractivity contribution in [1.82, 2.24) is 5.32 Å². The Morgan fingerprint density at radius 3 is 2.50 bits per heavy atom. The van der Waals surface area contributed by atoms with Gasteiger partial charge in [-0.05, 0) is 31.5 Å². The molecule has 0 aliphatic carbocycles. The van der Waals surface area contributed by atoms with Crippen LogP contribution in [0, 0.1) is 5.41 Å². The minimum atomic E-state index is -0.658. The first-order valence-corrected chi connectivity index (χ1v) is 7.32. The van der Waals surface area contributed by atoms with Crippen LogP contribution in [-0.4, -0.2) is 25.7 Å². The van der Waals surface area contributed by atoms with Crippen LogP contribution in [0.2, 0.25) is 10.0 Å². The van der Waals surface area contributed by atoms with E-state index in [9.17, 15) is 4.79 Å². The molecule has 2 rings (SSSR count). The Balaban J connectivity index is 2.07. The molecule has 0 unspecified atom stereocenters. The number of benzene rings is 1. The number of nitrogens with one attached hydrogen (secondary N) is 1. The number of hydrogen-bond acceptors (Lipinski definition) is 2. The van der Waals surface area contributed by atoms with Gasteiger partial charge in [0.05, 0.1) is 28.7 Å². The third kappa shape index (κ3) is 3.11. The van der Waals surface area contributed by atoms with Crippen molar-refractivity contribution in [3.05, 3.63) is 33.8 Å². The van der Waals surface area contributed by atoms with E-state index in [-0.39, 0.29) is 11.3 Å². The van der Waals surface area contributed by atoms with Gasteiger partial charge in [0.2, 0.25) is 5.91 Å². The third-order valence-electron chi connectivity index (χ3n) is 3.79. The molecule has 0 bridgehead atoms. The Labute approximate surface area is 129 Å². The average molecular weight is 316 g/mol. The predicted octanol–water partition coefficient (Wildman–Crippen LogP) is 3.42. The summed E-state index contributed by atoms with van der Waals surface area (Å²) in [5.74, 6) is -0.0241. The van der Waals surface area contributed by atoms with Crippen LogP contribution >= 0.6 is 23.2 Å². The van der Waals surface area contributed by atoms with E-state index in [1.54, 1.807) is 12.1 Å². The molecule has 1 aromatic rings. The third-order valence-corrected chi connectivity index (χ3v) is 4.52. The van der Waals surface area contributed by atoms with Crippen molar-refractivity contribution in [2.75, 3.05) is 19.8 Å². The molecule has 1 N–H and O–H groups in total. The Morgan fingerprint density at radius 2 is 2.00 bits per heavy atom. The van der Waals surface area contributed by atoms with Crippen LogP contribution in [0.1, 0.15) is 26.3 Å². The molecule has 1 fully saturated rings. The Bertz CT molecular complexity index is 525. The Kier molecular flexibility index (Phi) is 4.33. The molecule has 5 heteroatoms. The molecule has 0 atom stereocenters. The number of hydrogen-bond donors (Lipinski definition) is 1. The molecule has 0 radical (unpaired) electrons. The first kappa shape index (κ1) is 15.6. The summed E-state index contributed by atoms with van der Waals surface area (Å²) in [6.07, 6.45) is 0. The van der Waals surface area contributed by atoms with E-state index in [1.165, 1.54) is 0 Å². The number of carbonyl (C=O) groups is 1. The maximum atomic E-state index is 12.4. The summed E-state index contributed by atoms with van der Waals surface area (Å²) in [5.41, 5.74) is 0.248. The summed E-state index contributed by atoms with van der Waals surface area (Å²) in [4.78, 5) is 12.4. The molecule has 1 aliphatic rings. The number of carbonyl (C=O) groups excluding carboxylic acids is 1. The second-order valence-corrected chi connectivity index (χ2v) is 7.05. The molecule has 0 saturated carbocycles. The van der Waals surface area contributed by atoms with E-state index in [0.29, 0.717) is 29.8 Å². The van der Waals surface area contributed by atoms with E-state index < -0.39 is 5.41 Å². The molecule has 1 aliphatic heterocycles. The lowest BCUT2D eigenvalue weighted by molar-refractivity contribution is -0.130. The first-order chi connectivity index (χ1) is 9.24. The van der Waals surface area contributed by atoms with Crippen LogP contribution in [0.5, 0.6) is 0 Å². The molecule has 0 aromatic heterocycles.